The Morgan fingerprint density at radius 2 is 1.70 bits per heavy atom. The molecule has 0 saturated carbocycles. The molecule has 0 N–H and O–H groups in total. The standard InChI is InChI=1S/C22H22FN3O/c1-16-11-13-25(14-12-16)22(27)21-15-20(17-5-3-2-4-6-17)24-26(21)19-9-7-18(23)8-10-19/h2-10,15-16H,11-14H2,1H3. The van der Waals surface area contributed by atoms with Crippen molar-refractivity contribution in [1.82, 2.24) is 14.7 Å². The van der Waals surface area contributed by atoms with Crippen molar-refractivity contribution in [3.63, 3.8) is 0 Å². The zero-order chi connectivity index (χ0) is 18.8. The molecule has 1 aliphatic heterocycles. The van der Waals surface area contributed by atoms with Gasteiger partial charge < -0.3 is 4.90 Å². The summed E-state index contributed by atoms with van der Waals surface area (Å²) in [5, 5.41) is 4.66. The summed E-state index contributed by atoms with van der Waals surface area (Å²) < 4.78 is 15.0. The summed E-state index contributed by atoms with van der Waals surface area (Å²) in [4.78, 5) is 15.1. The van der Waals surface area contributed by atoms with Gasteiger partial charge in [-0.3, -0.25) is 4.79 Å². The maximum atomic E-state index is 13.4. The van der Waals surface area contributed by atoms with E-state index in [1.807, 2.05) is 41.3 Å². The number of rotatable bonds is 3. The van der Waals surface area contributed by atoms with Gasteiger partial charge in [0, 0.05) is 18.7 Å². The quantitative estimate of drug-likeness (QED) is 0.685. The SMILES string of the molecule is CC1CCN(C(=O)c2cc(-c3ccccc3)nn2-c2ccc(F)cc2)CC1. The third-order valence-electron chi connectivity index (χ3n) is 5.14. The lowest BCUT2D eigenvalue weighted by Crippen LogP contribution is -2.38. The van der Waals surface area contributed by atoms with Gasteiger partial charge in [0.25, 0.3) is 5.91 Å². The highest BCUT2D eigenvalue weighted by atomic mass is 19.1. The van der Waals surface area contributed by atoms with Gasteiger partial charge in [-0.1, -0.05) is 37.3 Å². The average molecular weight is 363 g/mol. The lowest BCUT2D eigenvalue weighted by atomic mass is 9.99. The van der Waals surface area contributed by atoms with Crippen LogP contribution in [0.3, 0.4) is 0 Å². The third-order valence-corrected chi connectivity index (χ3v) is 5.14. The summed E-state index contributed by atoms with van der Waals surface area (Å²) in [6, 6.07) is 17.7. The molecule has 0 aliphatic carbocycles. The van der Waals surface area contributed by atoms with Crippen LogP contribution in [0, 0.1) is 11.7 Å². The molecule has 1 saturated heterocycles. The van der Waals surface area contributed by atoms with E-state index in [1.54, 1.807) is 16.8 Å². The maximum absolute atomic E-state index is 13.4. The Morgan fingerprint density at radius 3 is 2.37 bits per heavy atom. The molecule has 1 amide bonds. The van der Waals surface area contributed by atoms with Crippen LogP contribution in [0.4, 0.5) is 4.39 Å². The van der Waals surface area contributed by atoms with Gasteiger partial charge in [0.1, 0.15) is 11.5 Å². The first-order valence-corrected chi connectivity index (χ1v) is 9.32. The van der Waals surface area contributed by atoms with Crippen LogP contribution in [0.25, 0.3) is 16.9 Å². The lowest BCUT2D eigenvalue weighted by Gasteiger charge is -2.30. The highest BCUT2D eigenvalue weighted by molar-refractivity contribution is 5.94. The van der Waals surface area contributed by atoms with Crippen molar-refractivity contribution < 1.29 is 9.18 Å². The Morgan fingerprint density at radius 1 is 1.04 bits per heavy atom. The van der Waals surface area contributed by atoms with Crippen LogP contribution in [-0.4, -0.2) is 33.7 Å². The van der Waals surface area contributed by atoms with Crippen LogP contribution in [-0.2, 0) is 0 Å². The van der Waals surface area contributed by atoms with E-state index >= 15 is 0 Å². The van der Waals surface area contributed by atoms with Crippen LogP contribution < -0.4 is 0 Å². The molecule has 138 valence electrons. The number of carbonyl (C=O) groups excluding carboxylic acids is 1. The summed E-state index contributed by atoms with van der Waals surface area (Å²) in [5.74, 6) is 0.309. The summed E-state index contributed by atoms with van der Waals surface area (Å²) in [7, 11) is 0. The Labute approximate surface area is 158 Å². The number of hydrogen-bond donors (Lipinski definition) is 0. The zero-order valence-electron chi connectivity index (χ0n) is 15.3. The van der Waals surface area contributed by atoms with Crippen molar-refractivity contribution in [3.05, 3.63) is 72.2 Å². The van der Waals surface area contributed by atoms with Crippen LogP contribution in [0.1, 0.15) is 30.3 Å². The van der Waals surface area contributed by atoms with Crippen molar-refractivity contribution in [2.75, 3.05) is 13.1 Å². The normalized spacial score (nSPS) is 15.1. The van der Waals surface area contributed by atoms with Gasteiger partial charge in [0.15, 0.2) is 0 Å². The van der Waals surface area contributed by atoms with Gasteiger partial charge in [0.05, 0.1) is 11.4 Å². The molecular formula is C22H22FN3O. The molecule has 0 spiro atoms. The summed E-state index contributed by atoms with van der Waals surface area (Å²) in [6.45, 7) is 3.74. The highest BCUT2D eigenvalue weighted by Gasteiger charge is 2.25. The van der Waals surface area contributed by atoms with E-state index in [4.69, 9.17) is 0 Å². The number of halogens is 1. The van der Waals surface area contributed by atoms with Crippen LogP contribution >= 0.6 is 0 Å². The van der Waals surface area contributed by atoms with Crippen molar-refractivity contribution in [1.29, 1.82) is 0 Å². The molecule has 5 heteroatoms. The molecule has 0 radical (unpaired) electrons. The first-order valence-electron chi connectivity index (χ1n) is 9.32. The molecule has 27 heavy (non-hydrogen) atoms. The first kappa shape index (κ1) is 17.5. The molecule has 1 fully saturated rings. The highest BCUT2D eigenvalue weighted by Crippen LogP contribution is 2.24. The number of amides is 1. The Bertz CT molecular complexity index is 926. The number of hydrogen-bond acceptors (Lipinski definition) is 2. The number of piperidine rings is 1. The Kier molecular flexibility index (Phi) is 4.75. The van der Waals surface area contributed by atoms with Gasteiger partial charge in [-0.2, -0.15) is 5.10 Å². The van der Waals surface area contributed by atoms with Crippen molar-refractivity contribution in [3.8, 4) is 16.9 Å². The van der Waals surface area contributed by atoms with E-state index in [1.165, 1.54) is 12.1 Å². The summed E-state index contributed by atoms with van der Waals surface area (Å²) in [6.07, 6.45) is 2.03. The average Bonchev–Trinajstić information content (AvgIpc) is 3.15. The minimum Gasteiger partial charge on any atom is -0.337 e. The van der Waals surface area contributed by atoms with E-state index in [0.29, 0.717) is 17.3 Å². The summed E-state index contributed by atoms with van der Waals surface area (Å²) >= 11 is 0. The van der Waals surface area contributed by atoms with E-state index in [9.17, 15) is 9.18 Å². The molecule has 3 aromatic rings. The molecule has 1 aliphatic rings. The number of aromatic nitrogens is 2. The molecular weight excluding hydrogens is 341 g/mol. The largest absolute Gasteiger partial charge is 0.337 e. The monoisotopic (exact) mass is 363 g/mol. The fourth-order valence-electron chi connectivity index (χ4n) is 3.44. The van der Waals surface area contributed by atoms with Crippen LogP contribution in [0.2, 0.25) is 0 Å². The second-order valence-corrected chi connectivity index (χ2v) is 7.14. The smallest absolute Gasteiger partial charge is 0.272 e. The van der Waals surface area contributed by atoms with E-state index in [2.05, 4.69) is 12.0 Å². The molecule has 0 atom stereocenters. The van der Waals surface area contributed by atoms with Crippen LogP contribution in [0.5, 0.6) is 0 Å². The fourth-order valence-corrected chi connectivity index (χ4v) is 3.44. The molecule has 4 rings (SSSR count). The van der Waals surface area contributed by atoms with Crippen molar-refractivity contribution in [2.45, 2.75) is 19.8 Å². The molecule has 0 bridgehead atoms. The lowest BCUT2D eigenvalue weighted by molar-refractivity contribution is 0.0688. The Hall–Kier alpha value is -2.95. The first-order chi connectivity index (χ1) is 13.1. The fraction of sp³-hybridized carbons (Fsp3) is 0.273. The second kappa shape index (κ2) is 7.35. The minimum absolute atomic E-state index is 0.0269. The second-order valence-electron chi connectivity index (χ2n) is 7.14. The number of nitrogens with zero attached hydrogens (tertiary/aromatic N) is 3. The van der Waals surface area contributed by atoms with Crippen LogP contribution in [0.15, 0.2) is 60.7 Å². The number of benzene rings is 2. The summed E-state index contributed by atoms with van der Waals surface area (Å²) in [5.41, 5.74) is 2.86. The van der Waals surface area contributed by atoms with Crippen molar-refractivity contribution >= 4 is 5.91 Å². The molecule has 4 nitrogen and oxygen atoms in total. The van der Waals surface area contributed by atoms with E-state index < -0.39 is 0 Å². The predicted octanol–water partition coefficient (Wildman–Crippen LogP) is 4.55. The molecule has 0 unspecified atom stereocenters. The van der Waals surface area contributed by atoms with Gasteiger partial charge in [-0.15, -0.1) is 0 Å². The van der Waals surface area contributed by atoms with Gasteiger partial charge in [-0.25, -0.2) is 9.07 Å². The maximum Gasteiger partial charge on any atom is 0.272 e. The van der Waals surface area contributed by atoms with Gasteiger partial charge in [-0.05, 0) is 49.1 Å². The van der Waals surface area contributed by atoms with E-state index in [-0.39, 0.29) is 11.7 Å². The predicted molar refractivity (Wildman–Crippen MR) is 103 cm³/mol. The topological polar surface area (TPSA) is 38.1 Å². The number of likely N-dealkylation sites (tertiary alicyclic amines) is 1. The molecule has 2 aromatic carbocycles. The van der Waals surface area contributed by atoms with E-state index in [0.717, 1.165) is 37.2 Å². The molecule has 2 heterocycles. The molecule has 1 aromatic heterocycles. The van der Waals surface area contributed by atoms with Crippen molar-refractivity contribution in [2.24, 2.45) is 5.92 Å². The minimum atomic E-state index is -0.313. The third kappa shape index (κ3) is 3.63. The van der Waals surface area contributed by atoms with Gasteiger partial charge in [0.2, 0.25) is 0 Å². The zero-order valence-corrected chi connectivity index (χ0v) is 15.3. The Balaban J connectivity index is 1.75. The van der Waals surface area contributed by atoms with Gasteiger partial charge >= 0.3 is 0 Å². The number of carbonyl (C=O) groups is 1.